The van der Waals surface area contributed by atoms with Crippen molar-refractivity contribution in [3.63, 3.8) is 0 Å². The molecule has 2 aromatic heterocycles. The van der Waals surface area contributed by atoms with E-state index < -0.39 is 5.91 Å². The normalized spacial score (nSPS) is 17.8. The van der Waals surface area contributed by atoms with Crippen LogP contribution in [0.15, 0.2) is 39.4 Å². The number of nitrogens with zero attached hydrogens (tertiary/aromatic N) is 5. The average molecular weight is 340 g/mol. The molecule has 25 heavy (non-hydrogen) atoms. The fourth-order valence-corrected chi connectivity index (χ4v) is 2.96. The third-order valence-corrected chi connectivity index (χ3v) is 4.15. The van der Waals surface area contributed by atoms with Crippen LogP contribution in [0.25, 0.3) is 11.4 Å². The van der Waals surface area contributed by atoms with Gasteiger partial charge in [0.05, 0.1) is 12.6 Å². The van der Waals surface area contributed by atoms with Gasteiger partial charge in [-0.05, 0) is 19.4 Å². The molecule has 4 rings (SSSR count). The highest BCUT2D eigenvalue weighted by Crippen LogP contribution is 2.32. The monoisotopic (exact) mass is 340 g/mol. The standard InChI is InChI=1S/C16H16N6O3/c17-13(23)15-18-12(24-21-15)9-22-8-4-7-11(22)16-19-14(20-25-16)10-5-2-1-3-6-10/h1-3,5-6,11H,4,7-9H2,(H2,17,23)/t11-/m1/s1. The Bertz CT molecular complexity index is 875. The van der Waals surface area contributed by atoms with Crippen molar-refractivity contribution in [1.29, 1.82) is 0 Å². The first-order valence-electron chi connectivity index (χ1n) is 7.96. The molecule has 9 heteroatoms. The van der Waals surface area contributed by atoms with Crippen LogP contribution in [0.2, 0.25) is 0 Å². The zero-order valence-corrected chi connectivity index (χ0v) is 13.3. The van der Waals surface area contributed by atoms with Gasteiger partial charge in [-0.1, -0.05) is 40.6 Å². The average Bonchev–Trinajstić information content (AvgIpc) is 3.36. The molecule has 2 N–H and O–H groups in total. The van der Waals surface area contributed by atoms with E-state index in [0.717, 1.165) is 24.9 Å². The Morgan fingerprint density at radius 3 is 2.80 bits per heavy atom. The van der Waals surface area contributed by atoms with E-state index in [2.05, 4.69) is 25.2 Å². The smallest absolute Gasteiger partial charge is 0.290 e. The Hall–Kier alpha value is -3.07. The Balaban J connectivity index is 1.51. The molecule has 0 radical (unpaired) electrons. The van der Waals surface area contributed by atoms with Gasteiger partial charge in [0.2, 0.25) is 17.6 Å². The van der Waals surface area contributed by atoms with Crippen LogP contribution in [0.1, 0.15) is 41.3 Å². The number of amides is 1. The van der Waals surface area contributed by atoms with Crippen molar-refractivity contribution in [3.05, 3.63) is 47.9 Å². The molecule has 9 nitrogen and oxygen atoms in total. The summed E-state index contributed by atoms with van der Waals surface area (Å²) in [6.45, 7) is 1.23. The molecule has 1 fully saturated rings. The maximum atomic E-state index is 11.1. The van der Waals surface area contributed by atoms with Crippen LogP contribution in [0, 0.1) is 0 Å². The lowest BCUT2D eigenvalue weighted by Gasteiger charge is -2.18. The summed E-state index contributed by atoms with van der Waals surface area (Å²) in [5.74, 6) is 0.637. The van der Waals surface area contributed by atoms with Gasteiger partial charge in [-0.25, -0.2) is 0 Å². The summed E-state index contributed by atoms with van der Waals surface area (Å²) < 4.78 is 10.5. The van der Waals surface area contributed by atoms with E-state index in [1.807, 2.05) is 30.3 Å². The molecule has 0 saturated carbocycles. The molecule has 0 unspecified atom stereocenters. The minimum absolute atomic E-state index is 0.0195. The Labute approximate surface area is 142 Å². The van der Waals surface area contributed by atoms with E-state index in [-0.39, 0.29) is 11.9 Å². The molecule has 1 saturated heterocycles. The van der Waals surface area contributed by atoms with Gasteiger partial charge in [0, 0.05) is 5.56 Å². The van der Waals surface area contributed by atoms with Crippen molar-refractivity contribution in [1.82, 2.24) is 25.2 Å². The maximum Gasteiger partial charge on any atom is 0.290 e. The number of nitrogens with two attached hydrogens (primary N) is 1. The van der Waals surface area contributed by atoms with Crippen LogP contribution in [0.5, 0.6) is 0 Å². The molecule has 1 amide bonds. The lowest BCUT2D eigenvalue weighted by atomic mass is 10.2. The largest absolute Gasteiger partial charge is 0.363 e. The highest BCUT2D eigenvalue weighted by atomic mass is 16.5. The molecule has 1 aromatic carbocycles. The third-order valence-electron chi connectivity index (χ3n) is 4.15. The van der Waals surface area contributed by atoms with Crippen LogP contribution in [-0.4, -0.2) is 37.6 Å². The summed E-state index contributed by atoms with van der Waals surface area (Å²) in [7, 11) is 0. The second kappa shape index (κ2) is 6.44. The van der Waals surface area contributed by atoms with E-state index >= 15 is 0 Å². The zero-order valence-electron chi connectivity index (χ0n) is 13.3. The predicted molar refractivity (Wildman–Crippen MR) is 84.9 cm³/mol. The van der Waals surface area contributed by atoms with E-state index in [1.165, 1.54) is 0 Å². The topological polar surface area (TPSA) is 124 Å². The summed E-state index contributed by atoms with van der Waals surface area (Å²) in [6.07, 6.45) is 1.89. The van der Waals surface area contributed by atoms with Crippen molar-refractivity contribution in [2.45, 2.75) is 25.4 Å². The van der Waals surface area contributed by atoms with Gasteiger partial charge in [0.15, 0.2) is 0 Å². The number of carbonyl (C=O) groups is 1. The predicted octanol–water partition coefficient (Wildman–Crippen LogP) is 1.56. The quantitative estimate of drug-likeness (QED) is 0.742. The highest BCUT2D eigenvalue weighted by molar-refractivity contribution is 5.88. The van der Waals surface area contributed by atoms with Crippen LogP contribution in [-0.2, 0) is 6.54 Å². The van der Waals surface area contributed by atoms with E-state index in [4.69, 9.17) is 14.8 Å². The number of hydrogen-bond acceptors (Lipinski definition) is 8. The fourth-order valence-electron chi connectivity index (χ4n) is 2.96. The number of likely N-dealkylation sites (tertiary alicyclic amines) is 1. The van der Waals surface area contributed by atoms with Crippen molar-refractivity contribution in [3.8, 4) is 11.4 Å². The Kier molecular flexibility index (Phi) is 3.98. The number of benzene rings is 1. The van der Waals surface area contributed by atoms with Gasteiger partial charge >= 0.3 is 0 Å². The van der Waals surface area contributed by atoms with Gasteiger partial charge in [0.25, 0.3) is 11.7 Å². The summed E-state index contributed by atoms with van der Waals surface area (Å²) in [5.41, 5.74) is 6.05. The van der Waals surface area contributed by atoms with E-state index in [9.17, 15) is 4.79 Å². The van der Waals surface area contributed by atoms with Crippen molar-refractivity contribution < 1.29 is 13.8 Å². The highest BCUT2D eigenvalue weighted by Gasteiger charge is 2.32. The second-order valence-electron chi connectivity index (χ2n) is 5.83. The molecule has 0 aliphatic carbocycles. The Morgan fingerprint density at radius 2 is 2.04 bits per heavy atom. The summed E-state index contributed by atoms with van der Waals surface area (Å²) >= 11 is 0. The number of carbonyl (C=O) groups excluding carboxylic acids is 1. The molecule has 1 aliphatic rings. The minimum Gasteiger partial charge on any atom is -0.363 e. The summed E-state index contributed by atoms with van der Waals surface area (Å²) in [5, 5.41) is 7.64. The zero-order chi connectivity index (χ0) is 17.2. The first kappa shape index (κ1) is 15.5. The van der Waals surface area contributed by atoms with Crippen LogP contribution in [0.4, 0.5) is 0 Å². The fraction of sp³-hybridized carbons (Fsp3) is 0.312. The number of primary amides is 1. The minimum atomic E-state index is -0.711. The number of rotatable bonds is 5. The van der Waals surface area contributed by atoms with E-state index in [0.29, 0.717) is 24.2 Å². The van der Waals surface area contributed by atoms with Gasteiger partial charge in [-0.3, -0.25) is 9.69 Å². The summed E-state index contributed by atoms with van der Waals surface area (Å²) in [6, 6.07) is 9.65. The lowest BCUT2D eigenvalue weighted by molar-refractivity contribution is 0.0987. The molecule has 3 heterocycles. The van der Waals surface area contributed by atoms with Crippen LogP contribution >= 0.6 is 0 Å². The molecular formula is C16H16N6O3. The maximum absolute atomic E-state index is 11.1. The second-order valence-corrected chi connectivity index (χ2v) is 5.83. The molecule has 1 atom stereocenters. The van der Waals surface area contributed by atoms with Crippen molar-refractivity contribution in [2.75, 3.05) is 6.54 Å². The molecule has 0 bridgehead atoms. The van der Waals surface area contributed by atoms with Gasteiger partial charge in [0.1, 0.15) is 0 Å². The molecular weight excluding hydrogens is 324 g/mol. The van der Waals surface area contributed by atoms with Gasteiger partial charge in [-0.15, -0.1) is 0 Å². The lowest BCUT2D eigenvalue weighted by Crippen LogP contribution is -2.23. The number of hydrogen-bond donors (Lipinski definition) is 1. The molecule has 1 aliphatic heterocycles. The molecule has 0 spiro atoms. The van der Waals surface area contributed by atoms with Crippen LogP contribution in [0.3, 0.4) is 0 Å². The summed E-state index contributed by atoms with van der Waals surface area (Å²) in [4.78, 5) is 21.7. The Morgan fingerprint density at radius 1 is 1.20 bits per heavy atom. The first-order chi connectivity index (χ1) is 12.2. The third kappa shape index (κ3) is 3.13. The first-order valence-corrected chi connectivity index (χ1v) is 7.96. The van der Waals surface area contributed by atoms with Gasteiger partial charge in [-0.2, -0.15) is 9.97 Å². The molecule has 3 aromatic rings. The number of aromatic nitrogens is 4. The SMILES string of the molecule is NC(=O)c1noc(CN2CCC[C@@H]2c2nc(-c3ccccc3)no2)n1. The van der Waals surface area contributed by atoms with Gasteiger partial charge < -0.3 is 14.8 Å². The van der Waals surface area contributed by atoms with E-state index in [1.54, 1.807) is 0 Å². The van der Waals surface area contributed by atoms with Crippen molar-refractivity contribution in [2.24, 2.45) is 5.73 Å². The molecule has 128 valence electrons. The van der Waals surface area contributed by atoms with Crippen LogP contribution < -0.4 is 5.73 Å². The van der Waals surface area contributed by atoms with Crippen molar-refractivity contribution >= 4 is 5.91 Å².